The molecule has 6 nitrogen and oxygen atoms in total. The second-order valence-electron chi connectivity index (χ2n) is 6.02. The molecule has 128 valence electrons. The Hall–Kier alpha value is -2.37. The molecule has 0 saturated carbocycles. The fraction of sp³-hybridized carbons (Fsp3) is 0.500. The molecule has 6 heteroatoms. The maximum atomic E-state index is 11.4. The summed E-state index contributed by atoms with van der Waals surface area (Å²) in [6, 6.07) is 6.22. The van der Waals surface area contributed by atoms with Crippen LogP contribution in [0, 0.1) is 0 Å². The highest BCUT2D eigenvalue weighted by Crippen LogP contribution is 2.26. The summed E-state index contributed by atoms with van der Waals surface area (Å²) in [6.07, 6.45) is 3.33. The second kappa shape index (κ2) is 7.47. The van der Waals surface area contributed by atoms with Crippen LogP contribution < -0.4 is 4.74 Å². The minimum absolute atomic E-state index is 0.0671. The van der Waals surface area contributed by atoms with Gasteiger partial charge in [-0.3, -0.25) is 4.79 Å². The Balaban J connectivity index is 1.60. The third-order valence-corrected chi connectivity index (χ3v) is 4.27. The number of fused-ring (bicyclic) bond motifs is 1. The number of rotatable bonds is 6. The van der Waals surface area contributed by atoms with Crippen molar-refractivity contribution in [1.29, 1.82) is 0 Å². The van der Waals surface area contributed by atoms with Crippen LogP contribution in [0.4, 0.5) is 0 Å². The third-order valence-electron chi connectivity index (χ3n) is 4.27. The molecule has 0 spiro atoms. The Bertz CT molecular complexity index is 711. The van der Waals surface area contributed by atoms with Crippen molar-refractivity contribution in [2.45, 2.75) is 39.5 Å². The minimum Gasteiger partial charge on any atom is -0.493 e. The van der Waals surface area contributed by atoms with E-state index in [1.54, 1.807) is 11.8 Å². The molecule has 1 amide bonds. The molecule has 0 N–H and O–H groups in total. The molecule has 3 rings (SSSR count). The lowest BCUT2D eigenvalue weighted by Gasteiger charge is -2.17. The number of hydrogen-bond acceptors (Lipinski definition) is 5. The first-order chi connectivity index (χ1) is 11.7. The quantitative estimate of drug-likeness (QED) is 0.814. The van der Waals surface area contributed by atoms with Gasteiger partial charge in [-0.15, -0.1) is 0 Å². The van der Waals surface area contributed by atoms with E-state index in [-0.39, 0.29) is 5.91 Å². The van der Waals surface area contributed by atoms with E-state index in [0.29, 0.717) is 37.6 Å². The summed E-state index contributed by atoms with van der Waals surface area (Å²) in [6.45, 7) is 5.64. The molecule has 0 saturated heterocycles. The van der Waals surface area contributed by atoms with Gasteiger partial charge in [0, 0.05) is 26.4 Å². The molecule has 0 fully saturated rings. The normalized spacial score (nSPS) is 13.2. The van der Waals surface area contributed by atoms with Gasteiger partial charge in [-0.25, -0.2) is 0 Å². The number of hydrogen-bond donors (Lipinski definition) is 0. The van der Waals surface area contributed by atoms with E-state index in [2.05, 4.69) is 16.2 Å². The van der Waals surface area contributed by atoms with Crippen LogP contribution in [0.5, 0.6) is 5.75 Å². The van der Waals surface area contributed by atoms with Crippen LogP contribution in [-0.4, -0.2) is 40.6 Å². The SMILES string of the molecule is CCN(CCc1noc(Cc2ccc3c(c2)CCCO3)n1)C(C)=O. The van der Waals surface area contributed by atoms with Gasteiger partial charge in [0.05, 0.1) is 13.0 Å². The van der Waals surface area contributed by atoms with E-state index < -0.39 is 0 Å². The van der Waals surface area contributed by atoms with Crippen LogP contribution in [-0.2, 0) is 24.1 Å². The number of amides is 1. The number of carbonyl (C=O) groups excluding carboxylic acids is 1. The summed E-state index contributed by atoms with van der Waals surface area (Å²) in [5.74, 6) is 2.30. The van der Waals surface area contributed by atoms with E-state index in [1.165, 1.54) is 5.56 Å². The Morgan fingerprint density at radius 3 is 3.04 bits per heavy atom. The zero-order chi connectivity index (χ0) is 16.9. The first kappa shape index (κ1) is 16.5. The van der Waals surface area contributed by atoms with Crippen molar-refractivity contribution in [3.8, 4) is 5.75 Å². The van der Waals surface area contributed by atoms with Crippen molar-refractivity contribution in [1.82, 2.24) is 15.0 Å². The van der Waals surface area contributed by atoms with Gasteiger partial charge in [0.2, 0.25) is 11.8 Å². The lowest BCUT2D eigenvalue weighted by molar-refractivity contribution is -0.128. The Morgan fingerprint density at radius 2 is 2.25 bits per heavy atom. The van der Waals surface area contributed by atoms with Crippen LogP contribution in [0.25, 0.3) is 0 Å². The number of carbonyl (C=O) groups is 1. The molecular weight excluding hydrogens is 306 g/mol. The van der Waals surface area contributed by atoms with Crippen molar-refractivity contribution < 1.29 is 14.1 Å². The fourth-order valence-corrected chi connectivity index (χ4v) is 2.93. The summed E-state index contributed by atoms with van der Waals surface area (Å²) in [4.78, 5) is 17.6. The van der Waals surface area contributed by atoms with Crippen molar-refractivity contribution >= 4 is 5.91 Å². The van der Waals surface area contributed by atoms with Gasteiger partial charge in [0.1, 0.15) is 5.75 Å². The molecule has 2 heterocycles. The highest BCUT2D eigenvalue weighted by molar-refractivity contribution is 5.73. The smallest absolute Gasteiger partial charge is 0.231 e. The molecule has 0 aliphatic carbocycles. The monoisotopic (exact) mass is 329 g/mol. The predicted octanol–water partition coefficient (Wildman–Crippen LogP) is 2.40. The van der Waals surface area contributed by atoms with Gasteiger partial charge in [0.25, 0.3) is 0 Å². The maximum Gasteiger partial charge on any atom is 0.231 e. The van der Waals surface area contributed by atoms with Crippen molar-refractivity contribution in [2.75, 3.05) is 19.7 Å². The lowest BCUT2D eigenvalue weighted by Crippen LogP contribution is -2.30. The van der Waals surface area contributed by atoms with Gasteiger partial charge >= 0.3 is 0 Å². The standard InChI is InChI=1S/C18H23N3O3/c1-3-21(13(2)22)9-8-17-19-18(24-20-17)12-14-6-7-16-15(11-14)5-4-10-23-16/h6-7,11H,3-5,8-10,12H2,1-2H3. The van der Waals surface area contributed by atoms with E-state index >= 15 is 0 Å². The van der Waals surface area contributed by atoms with Crippen molar-refractivity contribution in [2.24, 2.45) is 0 Å². The van der Waals surface area contributed by atoms with Crippen LogP contribution in [0.15, 0.2) is 22.7 Å². The fourth-order valence-electron chi connectivity index (χ4n) is 2.93. The summed E-state index contributed by atoms with van der Waals surface area (Å²) < 4.78 is 11.0. The molecule has 24 heavy (non-hydrogen) atoms. The number of aromatic nitrogens is 2. The Labute approximate surface area is 141 Å². The van der Waals surface area contributed by atoms with Gasteiger partial charge in [-0.05, 0) is 37.0 Å². The molecular formula is C18H23N3O3. The first-order valence-corrected chi connectivity index (χ1v) is 8.47. The van der Waals surface area contributed by atoms with Gasteiger partial charge < -0.3 is 14.2 Å². The molecule has 1 aliphatic heterocycles. The molecule has 1 aromatic heterocycles. The minimum atomic E-state index is 0.0671. The first-order valence-electron chi connectivity index (χ1n) is 8.47. The van der Waals surface area contributed by atoms with E-state index in [1.807, 2.05) is 19.1 Å². The predicted molar refractivity (Wildman–Crippen MR) is 89.0 cm³/mol. The van der Waals surface area contributed by atoms with Crippen LogP contribution in [0.2, 0.25) is 0 Å². The molecule has 0 radical (unpaired) electrons. The van der Waals surface area contributed by atoms with Crippen molar-refractivity contribution in [3.63, 3.8) is 0 Å². The summed E-state index contributed by atoms with van der Waals surface area (Å²) in [5, 5.41) is 4.02. The lowest BCUT2D eigenvalue weighted by atomic mass is 10.0. The van der Waals surface area contributed by atoms with Gasteiger partial charge in [-0.2, -0.15) is 4.98 Å². The van der Waals surface area contributed by atoms with Crippen LogP contribution in [0.1, 0.15) is 43.1 Å². The van der Waals surface area contributed by atoms with Crippen molar-refractivity contribution in [3.05, 3.63) is 41.0 Å². The number of nitrogens with zero attached hydrogens (tertiary/aromatic N) is 3. The topological polar surface area (TPSA) is 68.5 Å². The zero-order valence-electron chi connectivity index (χ0n) is 14.2. The summed E-state index contributed by atoms with van der Waals surface area (Å²) in [7, 11) is 0. The maximum absolute atomic E-state index is 11.4. The summed E-state index contributed by atoms with van der Waals surface area (Å²) in [5.41, 5.74) is 2.40. The number of ether oxygens (including phenoxy) is 1. The van der Waals surface area contributed by atoms with Crippen LogP contribution >= 0.6 is 0 Å². The highest BCUT2D eigenvalue weighted by atomic mass is 16.5. The number of aryl methyl sites for hydroxylation is 1. The van der Waals surface area contributed by atoms with E-state index in [9.17, 15) is 4.79 Å². The number of benzene rings is 1. The molecule has 0 unspecified atom stereocenters. The average molecular weight is 329 g/mol. The molecule has 1 aromatic carbocycles. The zero-order valence-corrected chi connectivity index (χ0v) is 14.2. The third kappa shape index (κ3) is 3.93. The largest absolute Gasteiger partial charge is 0.493 e. The average Bonchev–Trinajstić information content (AvgIpc) is 3.02. The van der Waals surface area contributed by atoms with Crippen LogP contribution in [0.3, 0.4) is 0 Å². The summed E-state index contributed by atoms with van der Waals surface area (Å²) >= 11 is 0. The van der Waals surface area contributed by atoms with Gasteiger partial charge in [0.15, 0.2) is 5.82 Å². The highest BCUT2D eigenvalue weighted by Gasteiger charge is 2.14. The molecule has 1 aliphatic rings. The second-order valence-corrected chi connectivity index (χ2v) is 6.02. The molecule has 2 aromatic rings. The van der Waals surface area contributed by atoms with E-state index in [4.69, 9.17) is 9.26 Å². The Morgan fingerprint density at radius 1 is 1.38 bits per heavy atom. The number of likely N-dealkylation sites (N-methyl/N-ethyl adjacent to an activating group) is 1. The van der Waals surface area contributed by atoms with Gasteiger partial charge in [-0.1, -0.05) is 17.3 Å². The van der Waals surface area contributed by atoms with E-state index in [0.717, 1.165) is 30.8 Å². The molecule has 0 bridgehead atoms. The Kier molecular flexibility index (Phi) is 5.13. The molecule has 0 atom stereocenters.